The molecule has 1 aromatic rings. The third kappa shape index (κ3) is 1.52. The number of hydrogen-bond acceptors (Lipinski definition) is 4. The molecule has 1 atom stereocenters. The highest BCUT2D eigenvalue weighted by Gasteiger charge is 2.31. The Morgan fingerprint density at radius 2 is 2.06 bits per heavy atom. The minimum absolute atomic E-state index is 0.277. The van der Waals surface area contributed by atoms with E-state index in [0.29, 0.717) is 16.9 Å². The Morgan fingerprint density at radius 1 is 1.38 bits per heavy atom. The van der Waals surface area contributed by atoms with Gasteiger partial charge in [0.15, 0.2) is 0 Å². The molecule has 1 aromatic carbocycles. The number of rotatable bonds is 2. The summed E-state index contributed by atoms with van der Waals surface area (Å²) in [6, 6.07) is 4.62. The van der Waals surface area contributed by atoms with Crippen LogP contribution in [0.25, 0.3) is 5.57 Å². The van der Waals surface area contributed by atoms with Crippen LogP contribution in [0.4, 0.5) is 0 Å². The van der Waals surface area contributed by atoms with E-state index in [2.05, 4.69) is 0 Å². The lowest BCUT2D eigenvalue weighted by molar-refractivity contribution is 0.412. The fourth-order valence-corrected chi connectivity index (χ4v) is 3.39. The number of ether oxygens (including phenoxy) is 1. The molecule has 86 valence electrons. The van der Waals surface area contributed by atoms with Crippen LogP contribution in [0, 0.1) is 0 Å². The van der Waals surface area contributed by atoms with Crippen LogP contribution < -0.4 is 10.5 Å². The summed E-state index contributed by atoms with van der Waals surface area (Å²) >= 11 is 0. The van der Waals surface area contributed by atoms with E-state index >= 15 is 0 Å². The average Bonchev–Trinajstić information content (AvgIpc) is 2.51. The molecule has 0 saturated carbocycles. The van der Waals surface area contributed by atoms with Crippen molar-refractivity contribution < 1.29 is 13.2 Å². The summed E-state index contributed by atoms with van der Waals surface area (Å²) in [5, 5.41) is 1.23. The van der Waals surface area contributed by atoms with Crippen molar-refractivity contribution in [3.8, 4) is 5.75 Å². The van der Waals surface area contributed by atoms with Crippen molar-refractivity contribution in [2.75, 3.05) is 7.11 Å². The van der Waals surface area contributed by atoms with Crippen LogP contribution in [0.5, 0.6) is 5.75 Å². The van der Waals surface area contributed by atoms with Gasteiger partial charge in [-0.1, -0.05) is 6.07 Å². The predicted octanol–water partition coefficient (Wildman–Crippen LogP) is 1.17. The van der Waals surface area contributed by atoms with E-state index in [1.807, 2.05) is 0 Å². The van der Waals surface area contributed by atoms with Crippen LogP contribution in [0.15, 0.2) is 28.5 Å². The molecule has 0 aliphatic carbocycles. The molecule has 0 bridgehead atoms. The second-order valence-electron chi connectivity index (χ2n) is 3.74. The van der Waals surface area contributed by atoms with E-state index in [1.54, 1.807) is 25.1 Å². The third-order valence-electron chi connectivity index (χ3n) is 2.58. The monoisotopic (exact) mass is 239 g/mol. The molecule has 0 amide bonds. The normalized spacial score (nSPS) is 18.8. The van der Waals surface area contributed by atoms with E-state index in [-0.39, 0.29) is 10.9 Å². The molecular weight excluding hydrogens is 226 g/mol. The zero-order valence-corrected chi connectivity index (χ0v) is 9.91. The first-order chi connectivity index (χ1) is 7.47. The van der Waals surface area contributed by atoms with Crippen LogP contribution in [0.3, 0.4) is 0 Å². The molecule has 0 radical (unpaired) electrons. The van der Waals surface area contributed by atoms with Crippen molar-refractivity contribution in [3.05, 3.63) is 29.2 Å². The second-order valence-corrected chi connectivity index (χ2v) is 5.51. The van der Waals surface area contributed by atoms with Crippen molar-refractivity contribution in [3.63, 3.8) is 0 Å². The van der Waals surface area contributed by atoms with Crippen molar-refractivity contribution >= 4 is 15.4 Å². The highest BCUT2D eigenvalue weighted by atomic mass is 32.2. The molecule has 0 spiro atoms. The number of fused-ring (bicyclic) bond motifs is 1. The van der Waals surface area contributed by atoms with Gasteiger partial charge in [0.1, 0.15) is 5.75 Å². The SMILES string of the molecule is COc1cccc2c1C(C(C)N)=CS2(=O)=O. The van der Waals surface area contributed by atoms with Crippen molar-refractivity contribution in [2.45, 2.75) is 17.9 Å². The minimum Gasteiger partial charge on any atom is -0.496 e. The van der Waals surface area contributed by atoms with Crippen LogP contribution in [-0.4, -0.2) is 21.6 Å². The molecule has 0 fully saturated rings. The Morgan fingerprint density at radius 3 is 2.62 bits per heavy atom. The average molecular weight is 239 g/mol. The van der Waals surface area contributed by atoms with E-state index < -0.39 is 9.84 Å². The summed E-state index contributed by atoms with van der Waals surface area (Å²) in [6.45, 7) is 1.75. The van der Waals surface area contributed by atoms with E-state index in [1.165, 1.54) is 12.5 Å². The number of methoxy groups -OCH3 is 1. The number of benzene rings is 1. The third-order valence-corrected chi connectivity index (χ3v) is 4.09. The van der Waals surface area contributed by atoms with Crippen molar-refractivity contribution in [1.82, 2.24) is 0 Å². The molecule has 0 aromatic heterocycles. The van der Waals surface area contributed by atoms with E-state index in [4.69, 9.17) is 10.5 Å². The molecule has 1 unspecified atom stereocenters. The molecule has 5 heteroatoms. The van der Waals surface area contributed by atoms with Crippen LogP contribution in [0.1, 0.15) is 12.5 Å². The summed E-state index contributed by atoms with van der Waals surface area (Å²) in [4.78, 5) is 0.277. The zero-order valence-electron chi connectivity index (χ0n) is 9.10. The van der Waals surface area contributed by atoms with Gasteiger partial charge in [-0.05, 0) is 24.6 Å². The highest BCUT2D eigenvalue weighted by Crippen LogP contribution is 2.40. The van der Waals surface area contributed by atoms with Crippen molar-refractivity contribution in [2.24, 2.45) is 5.73 Å². The first-order valence-corrected chi connectivity index (χ1v) is 6.41. The Hall–Kier alpha value is -1.33. The van der Waals surface area contributed by atoms with Gasteiger partial charge in [0, 0.05) is 17.0 Å². The molecular formula is C11H13NO3S. The summed E-state index contributed by atoms with van der Waals surface area (Å²) in [5.41, 5.74) is 6.97. The van der Waals surface area contributed by atoms with Gasteiger partial charge < -0.3 is 10.5 Å². The van der Waals surface area contributed by atoms with E-state index in [9.17, 15) is 8.42 Å². The zero-order chi connectivity index (χ0) is 11.9. The highest BCUT2D eigenvalue weighted by molar-refractivity contribution is 7.95. The quantitative estimate of drug-likeness (QED) is 0.841. The fraction of sp³-hybridized carbons (Fsp3) is 0.273. The Bertz CT molecular complexity index is 559. The Balaban J connectivity index is 2.78. The lowest BCUT2D eigenvalue weighted by Crippen LogP contribution is -2.16. The first kappa shape index (κ1) is 11.2. The summed E-state index contributed by atoms with van der Waals surface area (Å²) < 4.78 is 28.9. The predicted molar refractivity (Wildman–Crippen MR) is 61.8 cm³/mol. The van der Waals surface area contributed by atoms with Gasteiger partial charge in [0.2, 0.25) is 9.84 Å². The van der Waals surface area contributed by atoms with Crippen molar-refractivity contribution in [1.29, 1.82) is 0 Å². The topological polar surface area (TPSA) is 69.4 Å². The van der Waals surface area contributed by atoms with Crippen LogP contribution >= 0.6 is 0 Å². The maximum Gasteiger partial charge on any atom is 0.200 e. The lowest BCUT2D eigenvalue weighted by Gasteiger charge is -2.12. The number of sulfone groups is 1. The summed E-state index contributed by atoms with van der Waals surface area (Å²) in [7, 11) is -1.84. The lowest BCUT2D eigenvalue weighted by atomic mass is 10.0. The van der Waals surface area contributed by atoms with Gasteiger partial charge in [-0.15, -0.1) is 0 Å². The van der Waals surface area contributed by atoms with E-state index in [0.717, 1.165) is 0 Å². The summed E-state index contributed by atoms with van der Waals surface area (Å²) in [6.07, 6.45) is 0. The molecule has 1 aliphatic heterocycles. The molecule has 16 heavy (non-hydrogen) atoms. The minimum atomic E-state index is -3.35. The smallest absolute Gasteiger partial charge is 0.200 e. The second kappa shape index (κ2) is 3.61. The fourth-order valence-electron chi connectivity index (χ4n) is 1.83. The largest absolute Gasteiger partial charge is 0.496 e. The maximum atomic E-state index is 11.8. The van der Waals surface area contributed by atoms with Crippen LogP contribution in [0.2, 0.25) is 0 Å². The van der Waals surface area contributed by atoms with Gasteiger partial charge in [0.25, 0.3) is 0 Å². The van der Waals surface area contributed by atoms with Gasteiger partial charge in [-0.2, -0.15) is 0 Å². The Kier molecular flexibility index (Phi) is 2.52. The number of hydrogen-bond donors (Lipinski definition) is 1. The molecule has 2 N–H and O–H groups in total. The van der Waals surface area contributed by atoms with Crippen LogP contribution in [-0.2, 0) is 9.84 Å². The first-order valence-electron chi connectivity index (χ1n) is 4.87. The Labute approximate surface area is 94.6 Å². The van der Waals surface area contributed by atoms with Gasteiger partial charge in [-0.25, -0.2) is 8.42 Å². The molecule has 4 nitrogen and oxygen atoms in total. The molecule has 1 aliphatic rings. The van der Waals surface area contributed by atoms with Gasteiger partial charge >= 0.3 is 0 Å². The maximum absolute atomic E-state index is 11.8. The number of nitrogens with two attached hydrogens (primary N) is 1. The molecule has 0 saturated heterocycles. The van der Waals surface area contributed by atoms with Gasteiger partial charge in [0.05, 0.1) is 12.0 Å². The standard InChI is InChI=1S/C11H13NO3S/c1-7(12)8-6-16(13,14)10-5-3-4-9(15-2)11(8)10/h3-7H,12H2,1-2H3. The molecule has 1 heterocycles. The molecule has 2 rings (SSSR count). The van der Waals surface area contributed by atoms with Gasteiger partial charge in [-0.3, -0.25) is 0 Å². The summed E-state index contributed by atoms with van der Waals surface area (Å²) in [5.74, 6) is 0.544.